The van der Waals surface area contributed by atoms with Crippen molar-refractivity contribution in [1.82, 2.24) is 0 Å². The fourth-order valence-electron chi connectivity index (χ4n) is 3.75. The largest absolute Gasteiger partial charge is 0.394 e. The van der Waals surface area contributed by atoms with E-state index in [4.69, 9.17) is 23.7 Å². The van der Waals surface area contributed by atoms with Crippen LogP contribution in [0.25, 0.3) is 0 Å². The topological polar surface area (TPSA) is 248 Å². The molecule has 3 saturated heterocycles. The van der Waals surface area contributed by atoms with Gasteiger partial charge in [-0.3, -0.25) is 0 Å². The minimum atomic E-state index is -1.83. The molecular weight excluding hydrogens is 444 g/mol. The summed E-state index contributed by atoms with van der Waals surface area (Å²) in [4.78, 5) is 0. The number of aliphatic hydroxyl groups is 10. The molecule has 188 valence electrons. The highest BCUT2D eigenvalue weighted by Crippen LogP contribution is 2.30. The Hall–Kier alpha value is -0.600. The molecule has 3 fully saturated rings. The molecule has 0 saturated carbocycles. The van der Waals surface area contributed by atoms with Gasteiger partial charge in [0.25, 0.3) is 0 Å². The highest BCUT2D eigenvalue weighted by atomic mass is 16.8. The average molecular weight is 474 g/mol. The molecule has 10 N–H and O–H groups in total. The Kier molecular flexibility index (Phi) is 8.75. The summed E-state index contributed by atoms with van der Waals surface area (Å²) in [6, 6.07) is 0. The molecule has 0 radical (unpaired) electrons. The Morgan fingerprint density at radius 3 is 1.47 bits per heavy atom. The average Bonchev–Trinajstić information content (AvgIpc) is 2.78. The first-order valence-electron chi connectivity index (χ1n) is 10.00. The smallest absolute Gasteiger partial charge is 0.187 e. The van der Waals surface area contributed by atoms with Crippen LogP contribution in [-0.2, 0) is 23.7 Å². The van der Waals surface area contributed by atoms with Crippen LogP contribution in [0, 0.1) is 0 Å². The summed E-state index contributed by atoms with van der Waals surface area (Å²) in [7, 11) is 0. The summed E-state index contributed by atoms with van der Waals surface area (Å²) in [6.45, 7) is -1.91. The molecule has 0 aliphatic carbocycles. The van der Waals surface area contributed by atoms with E-state index in [1.165, 1.54) is 0 Å². The van der Waals surface area contributed by atoms with Gasteiger partial charge >= 0.3 is 0 Å². The maximum absolute atomic E-state index is 10.3. The van der Waals surface area contributed by atoms with Gasteiger partial charge in [-0.05, 0) is 0 Å². The summed E-state index contributed by atoms with van der Waals surface area (Å²) in [5.41, 5.74) is 0. The van der Waals surface area contributed by atoms with Gasteiger partial charge in [0, 0.05) is 0 Å². The Morgan fingerprint density at radius 1 is 0.594 bits per heavy atom. The zero-order chi connectivity index (χ0) is 23.7. The van der Waals surface area contributed by atoms with Crippen molar-refractivity contribution < 1.29 is 74.7 Å². The summed E-state index contributed by atoms with van der Waals surface area (Å²) in [5, 5.41) is 99.1. The second kappa shape index (κ2) is 10.8. The first-order chi connectivity index (χ1) is 15.1. The molecule has 0 unspecified atom stereocenters. The van der Waals surface area contributed by atoms with Crippen molar-refractivity contribution in [3.63, 3.8) is 0 Å². The van der Waals surface area contributed by atoms with Crippen molar-refractivity contribution in [3.8, 4) is 0 Å². The van der Waals surface area contributed by atoms with Crippen LogP contribution >= 0.6 is 0 Å². The lowest BCUT2D eigenvalue weighted by atomic mass is 9.98. The minimum Gasteiger partial charge on any atom is -0.394 e. The molecule has 32 heavy (non-hydrogen) atoms. The van der Waals surface area contributed by atoms with E-state index in [1.54, 1.807) is 0 Å². The third-order valence-electron chi connectivity index (χ3n) is 5.70. The molecular formula is C17H30O15. The van der Waals surface area contributed by atoms with Gasteiger partial charge in [0.05, 0.1) is 19.8 Å². The van der Waals surface area contributed by atoms with Crippen molar-refractivity contribution in [3.05, 3.63) is 0 Å². The minimum absolute atomic E-state index is 0.447. The summed E-state index contributed by atoms with van der Waals surface area (Å²) in [5.74, 6) is 0. The number of rotatable bonds is 6. The zero-order valence-corrected chi connectivity index (χ0v) is 16.7. The standard InChI is InChI=1S/C17H30O15/c18-1-5-7(21)9(23)11(25)16(29-5)31-13-4(20)3-28-15(27)14(13)32-17-12(26)10(24)8(22)6(2-19)30-17/h4-27H,1-3H2/t4-,5+,6+,7-,8-,9-,10-,11+,12+,13-,14+,15+,16-,17-/m0/s1. The number of aliphatic hydroxyl groups excluding tert-OH is 10. The van der Waals surface area contributed by atoms with Gasteiger partial charge in [-0.1, -0.05) is 0 Å². The molecule has 3 aliphatic heterocycles. The van der Waals surface area contributed by atoms with Crippen molar-refractivity contribution in [1.29, 1.82) is 0 Å². The fourth-order valence-corrected chi connectivity index (χ4v) is 3.75. The molecule has 14 atom stereocenters. The first-order valence-corrected chi connectivity index (χ1v) is 10.00. The van der Waals surface area contributed by atoms with Gasteiger partial charge in [0.2, 0.25) is 0 Å². The highest BCUT2D eigenvalue weighted by molar-refractivity contribution is 4.94. The third kappa shape index (κ3) is 5.07. The Morgan fingerprint density at radius 2 is 1.03 bits per heavy atom. The normalized spacial score (nSPS) is 52.7. The number of hydrogen-bond acceptors (Lipinski definition) is 15. The molecule has 0 amide bonds. The molecule has 0 aromatic heterocycles. The Bertz CT molecular complexity index is 542. The van der Waals surface area contributed by atoms with Crippen LogP contribution in [0.5, 0.6) is 0 Å². The van der Waals surface area contributed by atoms with E-state index in [-0.39, 0.29) is 0 Å². The van der Waals surface area contributed by atoms with E-state index in [2.05, 4.69) is 0 Å². The van der Waals surface area contributed by atoms with E-state index in [0.717, 1.165) is 0 Å². The van der Waals surface area contributed by atoms with Crippen molar-refractivity contribution in [2.45, 2.75) is 86.0 Å². The third-order valence-corrected chi connectivity index (χ3v) is 5.70. The van der Waals surface area contributed by atoms with Crippen LogP contribution in [0.1, 0.15) is 0 Å². The lowest BCUT2D eigenvalue weighted by Crippen LogP contribution is -2.65. The monoisotopic (exact) mass is 474 g/mol. The summed E-state index contributed by atoms with van der Waals surface area (Å²) < 4.78 is 26.4. The lowest BCUT2D eigenvalue weighted by molar-refractivity contribution is -0.378. The van der Waals surface area contributed by atoms with Gasteiger partial charge in [-0.2, -0.15) is 0 Å². The van der Waals surface area contributed by atoms with Crippen LogP contribution < -0.4 is 0 Å². The van der Waals surface area contributed by atoms with Crippen molar-refractivity contribution in [2.24, 2.45) is 0 Å². The molecule has 3 rings (SSSR count). The lowest BCUT2D eigenvalue weighted by Gasteiger charge is -2.46. The van der Waals surface area contributed by atoms with E-state index in [9.17, 15) is 51.1 Å². The van der Waals surface area contributed by atoms with Crippen molar-refractivity contribution in [2.75, 3.05) is 19.8 Å². The van der Waals surface area contributed by atoms with Crippen LogP contribution in [0.15, 0.2) is 0 Å². The second-order valence-corrected chi connectivity index (χ2v) is 7.89. The maximum Gasteiger partial charge on any atom is 0.187 e. The van der Waals surface area contributed by atoms with E-state index in [0.29, 0.717) is 0 Å². The van der Waals surface area contributed by atoms with Crippen LogP contribution in [0.4, 0.5) is 0 Å². The Labute approximate surface area is 181 Å². The van der Waals surface area contributed by atoms with E-state index < -0.39 is 106 Å². The number of hydrogen-bond donors (Lipinski definition) is 10. The van der Waals surface area contributed by atoms with Crippen LogP contribution in [0.3, 0.4) is 0 Å². The predicted octanol–water partition coefficient (Wildman–Crippen LogP) is -6.93. The molecule has 15 heteroatoms. The zero-order valence-electron chi connectivity index (χ0n) is 16.7. The van der Waals surface area contributed by atoms with Gasteiger partial charge in [-0.25, -0.2) is 0 Å². The Balaban J connectivity index is 1.76. The number of ether oxygens (including phenoxy) is 5. The molecule has 0 spiro atoms. The van der Waals surface area contributed by atoms with Crippen molar-refractivity contribution >= 4 is 0 Å². The van der Waals surface area contributed by atoms with Gasteiger partial charge in [0.15, 0.2) is 18.9 Å². The first kappa shape index (κ1) is 26.0. The summed E-state index contributed by atoms with van der Waals surface area (Å²) in [6.07, 6.45) is -22.9. The van der Waals surface area contributed by atoms with Gasteiger partial charge in [0.1, 0.15) is 67.1 Å². The van der Waals surface area contributed by atoms with E-state index >= 15 is 0 Å². The molecule has 15 nitrogen and oxygen atoms in total. The maximum atomic E-state index is 10.3. The fraction of sp³-hybridized carbons (Fsp3) is 1.00. The summed E-state index contributed by atoms with van der Waals surface area (Å²) >= 11 is 0. The van der Waals surface area contributed by atoms with Crippen LogP contribution in [0.2, 0.25) is 0 Å². The SMILES string of the molecule is OC[C@H]1O[C@@H](O[C@@H]2[C@@H](O[C@@H]3O[C@H](CO)[C@H](O)[C@H](O)[C@H]3O)[C@@H](O)CO[C@H]2O)[C@H](O)[C@@H](O)[C@H]1O. The van der Waals surface area contributed by atoms with Gasteiger partial charge < -0.3 is 74.7 Å². The van der Waals surface area contributed by atoms with E-state index in [1.807, 2.05) is 0 Å². The molecule has 3 heterocycles. The second-order valence-electron chi connectivity index (χ2n) is 7.89. The predicted molar refractivity (Wildman–Crippen MR) is 95.2 cm³/mol. The molecule has 3 aliphatic rings. The molecule has 0 aromatic rings. The highest BCUT2D eigenvalue weighted by Gasteiger charge is 2.51. The molecule has 0 bridgehead atoms. The van der Waals surface area contributed by atoms with Crippen LogP contribution in [-0.4, -0.2) is 157 Å². The van der Waals surface area contributed by atoms with Gasteiger partial charge in [-0.15, -0.1) is 0 Å². The molecule has 0 aromatic carbocycles. The quantitative estimate of drug-likeness (QED) is 0.172.